The number of nitrogens with zero attached hydrogens (tertiary/aromatic N) is 3. The minimum Gasteiger partial charge on any atom is -0.392 e. The number of amides is 2. The Morgan fingerprint density at radius 2 is 2.22 bits per heavy atom. The van der Waals surface area contributed by atoms with Crippen LogP contribution in [-0.2, 0) is 13.6 Å². The second-order valence-electron chi connectivity index (χ2n) is 4.78. The van der Waals surface area contributed by atoms with Gasteiger partial charge in [0.25, 0.3) is 0 Å². The van der Waals surface area contributed by atoms with Crippen molar-refractivity contribution >= 4 is 6.03 Å². The number of hydrogen-bond donors (Lipinski definition) is 2. The van der Waals surface area contributed by atoms with Crippen LogP contribution in [0.2, 0.25) is 0 Å². The maximum Gasteiger partial charge on any atom is 0.317 e. The molecule has 0 saturated carbocycles. The van der Waals surface area contributed by atoms with Gasteiger partial charge in [0.15, 0.2) is 0 Å². The minimum absolute atomic E-state index is 0.0495. The summed E-state index contributed by atoms with van der Waals surface area (Å²) in [5.41, 5.74) is 0.951. The third kappa shape index (κ3) is 4.37. The van der Waals surface area contributed by atoms with Crippen molar-refractivity contribution in [2.75, 3.05) is 6.54 Å². The number of hydrogen-bond acceptors (Lipinski definition) is 3. The van der Waals surface area contributed by atoms with Crippen molar-refractivity contribution in [1.82, 2.24) is 20.0 Å². The zero-order valence-electron chi connectivity index (χ0n) is 11.4. The molecule has 1 unspecified atom stereocenters. The van der Waals surface area contributed by atoms with Gasteiger partial charge in [0.1, 0.15) is 0 Å². The summed E-state index contributed by atoms with van der Waals surface area (Å²) in [4.78, 5) is 13.6. The van der Waals surface area contributed by atoms with E-state index in [1.54, 1.807) is 22.7 Å². The van der Waals surface area contributed by atoms with E-state index >= 15 is 0 Å². The number of aliphatic hydroxyl groups is 1. The fraction of sp³-hybridized carbons (Fsp3) is 0.667. The summed E-state index contributed by atoms with van der Waals surface area (Å²) in [6, 6.07) is -0.122. The van der Waals surface area contributed by atoms with E-state index < -0.39 is 6.10 Å². The Morgan fingerprint density at radius 3 is 2.67 bits per heavy atom. The fourth-order valence-electron chi connectivity index (χ4n) is 1.66. The molecular formula is C12H22N4O2. The number of aliphatic hydroxyl groups excluding tert-OH is 1. The Kier molecular flexibility index (Phi) is 5.15. The molecule has 0 spiro atoms. The SMILES string of the molecule is CC(O)CN(C(=O)NCc1cnn(C)c1)C(C)C. The molecule has 2 amide bonds. The number of rotatable bonds is 5. The molecule has 18 heavy (non-hydrogen) atoms. The monoisotopic (exact) mass is 254 g/mol. The molecule has 0 saturated heterocycles. The molecule has 1 aromatic heterocycles. The van der Waals surface area contributed by atoms with Crippen LogP contribution >= 0.6 is 0 Å². The number of aromatic nitrogens is 2. The van der Waals surface area contributed by atoms with Crippen LogP contribution in [0, 0.1) is 0 Å². The fourth-order valence-corrected chi connectivity index (χ4v) is 1.66. The van der Waals surface area contributed by atoms with Crippen LogP contribution in [0.5, 0.6) is 0 Å². The molecule has 1 rings (SSSR count). The summed E-state index contributed by atoms with van der Waals surface area (Å²) in [7, 11) is 1.83. The van der Waals surface area contributed by atoms with E-state index in [2.05, 4.69) is 10.4 Å². The summed E-state index contributed by atoms with van der Waals surface area (Å²) in [5.74, 6) is 0. The molecule has 102 valence electrons. The maximum atomic E-state index is 12.0. The van der Waals surface area contributed by atoms with E-state index in [1.165, 1.54) is 0 Å². The van der Waals surface area contributed by atoms with Crippen molar-refractivity contribution in [3.8, 4) is 0 Å². The first-order valence-electron chi connectivity index (χ1n) is 6.10. The van der Waals surface area contributed by atoms with Crippen LogP contribution in [-0.4, -0.2) is 44.5 Å². The quantitative estimate of drug-likeness (QED) is 0.813. The lowest BCUT2D eigenvalue weighted by Gasteiger charge is -2.28. The molecule has 1 aromatic rings. The Morgan fingerprint density at radius 1 is 1.56 bits per heavy atom. The van der Waals surface area contributed by atoms with Crippen molar-refractivity contribution in [3.63, 3.8) is 0 Å². The zero-order chi connectivity index (χ0) is 13.7. The molecule has 0 aliphatic carbocycles. The van der Waals surface area contributed by atoms with Gasteiger partial charge in [-0.15, -0.1) is 0 Å². The molecule has 0 radical (unpaired) electrons. The van der Waals surface area contributed by atoms with Gasteiger partial charge in [0, 0.05) is 37.9 Å². The summed E-state index contributed by atoms with van der Waals surface area (Å²) in [6.45, 7) is 6.29. The highest BCUT2D eigenvalue weighted by Gasteiger charge is 2.18. The molecule has 1 heterocycles. The summed E-state index contributed by atoms with van der Waals surface area (Å²) >= 11 is 0. The van der Waals surface area contributed by atoms with Crippen LogP contribution in [0.15, 0.2) is 12.4 Å². The normalized spacial score (nSPS) is 12.6. The van der Waals surface area contributed by atoms with Gasteiger partial charge in [-0.1, -0.05) is 0 Å². The van der Waals surface area contributed by atoms with Gasteiger partial charge in [-0.05, 0) is 20.8 Å². The molecule has 6 heteroatoms. The van der Waals surface area contributed by atoms with Crippen molar-refractivity contribution < 1.29 is 9.90 Å². The van der Waals surface area contributed by atoms with Crippen molar-refractivity contribution in [2.24, 2.45) is 7.05 Å². The average Bonchev–Trinajstić information content (AvgIpc) is 2.68. The van der Waals surface area contributed by atoms with Gasteiger partial charge in [-0.2, -0.15) is 5.10 Å². The molecule has 0 fully saturated rings. The van der Waals surface area contributed by atoms with Crippen molar-refractivity contribution in [2.45, 2.75) is 39.5 Å². The molecule has 6 nitrogen and oxygen atoms in total. The number of nitrogens with one attached hydrogen (secondary N) is 1. The molecule has 2 N–H and O–H groups in total. The number of carbonyl (C=O) groups excluding carboxylic acids is 1. The van der Waals surface area contributed by atoms with Crippen molar-refractivity contribution in [1.29, 1.82) is 0 Å². The number of urea groups is 1. The van der Waals surface area contributed by atoms with E-state index in [9.17, 15) is 9.90 Å². The van der Waals surface area contributed by atoms with Crippen molar-refractivity contribution in [3.05, 3.63) is 18.0 Å². The number of aryl methyl sites for hydroxylation is 1. The Balaban J connectivity index is 2.51. The van der Waals surface area contributed by atoms with E-state index in [1.807, 2.05) is 27.1 Å². The van der Waals surface area contributed by atoms with Crippen LogP contribution in [0.25, 0.3) is 0 Å². The first kappa shape index (κ1) is 14.5. The van der Waals surface area contributed by atoms with E-state index in [-0.39, 0.29) is 12.1 Å². The molecule has 0 bridgehead atoms. The van der Waals surface area contributed by atoms with Gasteiger partial charge >= 0.3 is 6.03 Å². The molecule has 0 aliphatic rings. The van der Waals surface area contributed by atoms with Crippen LogP contribution < -0.4 is 5.32 Å². The Hall–Kier alpha value is -1.56. The topological polar surface area (TPSA) is 70.4 Å². The van der Waals surface area contributed by atoms with Gasteiger partial charge < -0.3 is 15.3 Å². The third-order valence-electron chi connectivity index (χ3n) is 2.55. The first-order chi connectivity index (χ1) is 8.40. The van der Waals surface area contributed by atoms with E-state index in [0.717, 1.165) is 5.56 Å². The Bertz CT molecular complexity index is 387. The zero-order valence-corrected chi connectivity index (χ0v) is 11.4. The van der Waals surface area contributed by atoms with Gasteiger partial charge in [-0.25, -0.2) is 4.79 Å². The Labute approximate surface area is 108 Å². The third-order valence-corrected chi connectivity index (χ3v) is 2.55. The lowest BCUT2D eigenvalue weighted by atomic mass is 10.3. The van der Waals surface area contributed by atoms with E-state index in [4.69, 9.17) is 0 Å². The average molecular weight is 254 g/mol. The minimum atomic E-state index is -0.531. The molecular weight excluding hydrogens is 232 g/mol. The maximum absolute atomic E-state index is 12.0. The van der Waals surface area contributed by atoms with Gasteiger partial charge in [-0.3, -0.25) is 4.68 Å². The highest BCUT2D eigenvalue weighted by atomic mass is 16.3. The smallest absolute Gasteiger partial charge is 0.317 e. The molecule has 0 aromatic carbocycles. The summed E-state index contributed by atoms with van der Waals surface area (Å²) in [6.07, 6.45) is 3.04. The standard InChI is InChI=1S/C12H22N4O2/c1-9(2)16(7-10(3)17)12(18)13-5-11-6-14-15(4)8-11/h6,8-10,17H,5,7H2,1-4H3,(H,13,18). The first-order valence-corrected chi connectivity index (χ1v) is 6.10. The molecule has 0 aliphatic heterocycles. The predicted octanol–water partition coefficient (Wildman–Crippen LogP) is 0.721. The lowest BCUT2D eigenvalue weighted by molar-refractivity contribution is 0.119. The largest absolute Gasteiger partial charge is 0.392 e. The lowest BCUT2D eigenvalue weighted by Crippen LogP contribution is -2.46. The van der Waals surface area contributed by atoms with Gasteiger partial charge in [0.2, 0.25) is 0 Å². The highest BCUT2D eigenvalue weighted by Crippen LogP contribution is 2.02. The van der Waals surface area contributed by atoms with Gasteiger partial charge in [0.05, 0.1) is 12.3 Å². The van der Waals surface area contributed by atoms with Crippen LogP contribution in [0.3, 0.4) is 0 Å². The molecule has 1 atom stereocenters. The predicted molar refractivity (Wildman–Crippen MR) is 69.0 cm³/mol. The highest BCUT2D eigenvalue weighted by molar-refractivity contribution is 5.74. The van der Waals surface area contributed by atoms with E-state index in [0.29, 0.717) is 13.1 Å². The number of carbonyl (C=O) groups is 1. The summed E-state index contributed by atoms with van der Waals surface area (Å²) in [5, 5.41) is 16.2. The van der Waals surface area contributed by atoms with Crippen LogP contribution in [0.1, 0.15) is 26.3 Å². The van der Waals surface area contributed by atoms with Crippen LogP contribution in [0.4, 0.5) is 4.79 Å². The second kappa shape index (κ2) is 6.39. The summed E-state index contributed by atoms with van der Waals surface area (Å²) < 4.78 is 1.69. The second-order valence-corrected chi connectivity index (χ2v) is 4.78.